The summed E-state index contributed by atoms with van der Waals surface area (Å²) in [5.41, 5.74) is -0.764. The van der Waals surface area contributed by atoms with Crippen LogP contribution in [0.2, 0.25) is 0 Å². The van der Waals surface area contributed by atoms with E-state index in [1.807, 2.05) is 0 Å². The van der Waals surface area contributed by atoms with E-state index in [9.17, 15) is 14.3 Å². The lowest BCUT2D eigenvalue weighted by molar-refractivity contribution is 0.0139. The van der Waals surface area contributed by atoms with Crippen molar-refractivity contribution in [2.75, 3.05) is 13.1 Å². The van der Waals surface area contributed by atoms with Crippen LogP contribution in [-0.4, -0.2) is 34.8 Å². The third-order valence-corrected chi connectivity index (χ3v) is 3.61. The molecule has 1 aliphatic rings. The number of rotatable bonds is 1. The Morgan fingerprint density at radius 3 is 2.67 bits per heavy atom. The van der Waals surface area contributed by atoms with Crippen molar-refractivity contribution >= 4 is 6.09 Å². The number of likely N-dealkylation sites (tertiary alicyclic amines) is 1. The van der Waals surface area contributed by atoms with Crippen LogP contribution in [0.15, 0.2) is 18.2 Å². The van der Waals surface area contributed by atoms with Gasteiger partial charge in [-0.25, -0.2) is 9.18 Å². The summed E-state index contributed by atoms with van der Waals surface area (Å²) in [7, 11) is 0. The summed E-state index contributed by atoms with van der Waals surface area (Å²) in [5, 5.41) is 10.7. The van der Waals surface area contributed by atoms with E-state index in [-0.39, 0.29) is 12.4 Å². The monoisotopic (exact) mass is 295 g/mol. The number of hydrogen-bond acceptors (Lipinski definition) is 3. The number of benzene rings is 1. The molecule has 1 N–H and O–H groups in total. The fourth-order valence-corrected chi connectivity index (χ4v) is 2.39. The molecule has 21 heavy (non-hydrogen) atoms. The summed E-state index contributed by atoms with van der Waals surface area (Å²) in [6.45, 7) is 7.56. The van der Waals surface area contributed by atoms with Gasteiger partial charge in [-0.2, -0.15) is 0 Å². The van der Waals surface area contributed by atoms with E-state index >= 15 is 0 Å². The average molecular weight is 295 g/mol. The Balaban J connectivity index is 2.13. The lowest BCUT2D eigenvalue weighted by atomic mass is 9.92. The van der Waals surface area contributed by atoms with Gasteiger partial charge in [-0.3, -0.25) is 0 Å². The molecule has 1 atom stereocenters. The van der Waals surface area contributed by atoms with E-state index in [2.05, 4.69) is 0 Å². The summed E-state index contributed by atoms with van der Waals surface area (Å²) < 4.78 is 19.0. The van der Waals surface area contributed by atoms with Gasteiger partial charge in [0.1, 0.15) is 17.0 Å². The Hall–Kier alpha value is -1.62. The van der Waals surface area contributed by atoms with E-state index in [0.29, 0.717) is 24.1 Å². The number of hydrogen-bond donors (Lipinski definition) is 1. The second-order valence-electron chi connectivity index (χ2n) is 6.65. The molecule has 0 radical (unpaired) electrons. The largest absolute Gasteiger partial charge is 0.444 e. The standard InChI is InChI=1S/C16H22FNO3/c1-11-5-6-12(9-13(11)17)16(20)7-8-18(10-16)14(19)21-15(2,3)4/h5-6,9,20H,7-8,10H2,1-4H3. The average Bonchev–Trinajstić information content (AvgIpc) is 2.75. The molecule has 0 bridgehead atoms. The van der Waals surface area contributed by atoms with Gasteiger partial charge in [-0.15, -0.1) is 0 Å². The number of nitrogens with zero attached hydrogens (tertiary/aromatic N) is 1. The first-order chi connectivity index (χ1) is 9.61. The normalized spacial score (nSPS) is 22.5. The summed E-state index contributed by atoms with van der Waals surface area (Å²) in [5.74, 6) is -0.350. The number of ether oxygens (including phenoxy) is 1. The molecular formula is C16H22FNO3. The summed E-state index contributed by atoms with van der Waals surface area (Å²) in [6, 6.07) is 4.68. The number of β-amino-alcohol motifs (C(OH)–C–C–N with tert-alkyl or cyclic N) is 1. The Morgan fingerprint density at radius 2 is 2.10 bits per heavy atom. The Bertz CT molecular complexity index is 553. The second kappa shape index (κ2) is 5.30. The summed E-state index contributed by atoms with van der Waals surface area (Å²) in [6.07, 6.45) is -0.0830. The molecular weight excluding hydrogens is 273 g/mol. The lowest BCUT2D eigenvalue weighted by Gasteiger charge is -2.26. The van der Waals surface area contributed by atoms with Crippen molar-refractivity contribution in [3.8, 4) is 0 Å². The number of amides is 1. The maximum atomic E-state index is 13.7. The van der Waals surface area contributed by atoms with Crippen LogP contribution in [0.25, 0.3) is 0 Å². The molecule has 1 fully saturated rings. The highest BCUT2D eigenvalue weighted by molar-refractivity contribution is 5.68. The molecule has 1 amide bonds. The summed E-state index contributed by atoms with van der Waals surface area (Å²) in [4.78, 5) is 13.5. The van der Waals surface area contributed by atoms with Crippen molar-refractivity contribution in [1.82, 2.24) is 4.90 Å². The third-order valence-electron chi connectivity index (χ3n) is 3.61. The minimum atomic E-state index is -1.22. The van der Waals surface area contributed by atoms with Crippen molar-refractivity contribution in [3.05, 3.63) is 35.1 Å². The van der Waals surface area contributed by atoms with Gasteiger partial charge >= 0.3 is 6.09 Å². The van der Waals surface area contributed by atoms with E-state index in [1.54, 1.807) is 39.8 Å². The van der Waals surface area contributed by atoms with Crippen molar-refractivity contribution in [2.45, 2.75) is 45.3 Å². The van der Waals surface area contributed by atoms with Crippen LogP contribution in [0, 0.1) is 12.7 Å². The number of carbonyl (C=O) groups excluding carboxylic acids is 1. The molecule has 2 rings (SSSR count). The van der Waals surface area contributed by atoms with Gasteiger partial charge in [-0.1, -0.05) is 12.1 Å². The highest BCUT2D eigenvalue weighted by Gasteiger charge is 2.41. The zero-order valence-corrected chi connectivity index (χ0v) is 12.9. The predicted molar refractivity (Wildman–Crippen MR) is 77.5 cm³/mol. The fourth-order valence-electron chi connectivity index (χ4n) is 2.39. The SMILES string of the molecule is Cc1ccc(C2(O)CCN(C(=O)OC(C)(C)C)C2)cc1F. The summed E-state index contributed by atoms with van der Waals surface area (Å²) >= 11 is 0. The van der Waals surface area contributed by atoms with Crippen LogP contribution in [0.3, 0.4) is 0 Å². The smallest absolute Gasteiger partial charge is 0.410 e. The first-order valence-electron chi connectivity index (χ1n) is 7.08. The fraction of sp³-hybridized carbons (Fsp3) is 0.562. The number of carbonyl (C=O) groups is 1. The van der Waals surface area contributed by atoms with Crippen LogP contribution in [0.4, 0.5) is 9.18 Å². The van der Waals surface area contributed by atoms with Gasteiger partial charge in [0.15, 0.2) is 0 Å². The van der Waals surface area contributed by atoms with Crippen LogP contribution in [-0.2, 0) is 10.3 Å². The van der Waals surface area contributed by atoms with Crippen molar-refractivity contribution < 1.29 is 19.0 Å². The Kier molecular flexibility index (Phi) is 3.97. The lowest BCUT2D eigenvalue weighted by Crippen LogP contribution is -2.38. The van der Waals surface area contributed by atoms with Crippen LogP contribution >= 0.6 is 0 Å². The van der Waals surface area contributed by atoms with Gasteiger partial charge in [0, 0.05) is 6.54 Å². The first kappa shape index (κ1) is 15.8. The molecule has 0 aromatic heterocycles. The highest BCUT2D eigenvalue weighted by Crippen LogP contribution is 2.33. The van der Waals surface area contributed by atoms with E-state index < -0.39 is 17.3 Å². The van der Waals surface area contributed by atoms with Gasteiger partial charge in [0.2, 0.25) is 0 Å². The van der Waals surface area contributed by atoms with Crippen molar-refractivity contribution in [2.24, 2.45) is 0 Å². The van der Waals surface area contributed by atoms with E-state index in [0.717, 1.165) is 0 Å². The quantitative estimate of drug-likeness (QED) is 0.866. The number of aliphatic hydroxyl groups is 1. The third kappa shape index (κ3) is 3.53. The van der Waals surface area contributed by atoms with Gasteiger partial charge in [0.25, 0.3) is 0 Å². The molecule has 0 saturated carbocycles. The Morgan fingerprint density at radius 1 is 1.43 bits per heavy atom. The molecule has 4 nitrogen and oxygen atoms in total. The Labute approximate surface area is 124 Å². The maximum absolute atomic E-state index is 13.7. The van der Waals surface area contributed by atoms with Gasteiger partial charge in [0.05, 0.1) is 6.54 Å². The number of aryl methyl sites for hydroxylation is 1. The molecule has 5 heteroatoms. The molecule has 116 valence electrons. The minimum Gasteiger partial charge on any atom is -0.444 e. The molecule has 1 aromatic carbocycles. The second-order valence-corrected chi connectivity index (χ2v) is 6.65. The molecule has 1 heterocycles. The van der Waals surface area contributed by atoms with Crippen LogP contribution < -0.4 is 0 Å². The van der Waals surface area contributed by atoms with Crippen molar-refractivity contribution in [3.63, 3.8) is 0 Å². The molecule has 1 saturated heterocycles. The maximum Gasteiger partial charge on any atom is 0.410 e. The van der Waals surface area contributed by atoms with Crippen molar-refractivity contribution in [1.29, 1.82) is 0 Å². The zero-order chi connectivity index (χ0) is 15.8. The van der Waals surface area contributed by atoms with Gasteiger partial charge < -0.3 is 14.7 Å². The topological polar surface area (TPSA) is 49.8 Å². The van der Waals surface area contributed by atoms with E-state index in [1.165, 1.54) is 11.0 Å². The first-order valence-corrected chi connectivity index (χ1v) is 7.08. The molecule has 0 aliphatic carbocycles. The minimum absolute atomic E-state index is 0.115. The predicted octanol–water partition coefficient (Wildman–Crippen LogP) is 2.96. The molecule has 1 aliphatic heterocycles. The molecule has 1 unspecified atom stereocenters. The van der Waals surface area contributed by atoms with E-state index in [4.69, 9.17) is 4.74 Å². The number of halogens is 1. The molecule has 1 aromatic rings. The molecule has 0 spiro atoms. The highest BCUT2D eigenvalue weighted by atomic mass is 19.1. The van der Waals surface area contributed by atoms with Crippen LogP contribution in [0.5, 0.6) is 0 Å². The van der Waals surface area contributed by atoms with Gasteiger partial charge in [-0.05, 0) is 51.3 Å². The zero-order valence-electron chi connectivity index (χ0n) is 12.9. The van der Waals surface area contributed by atoms with Crippen LogP contribution in [0.1, 0.15) is 38.3 Å².